The van der Waals surface area contributed by atoms with Crippen molar-refractivity contribution in [1.29, 1.82) is 0 Å². The molecule has 0 bridgehead atoms. The van der Waals surface area contributed by atoms with Crippen molar-refractivity contribution < 1.29 is 9.59 Å². The largest absolute Gasteiger partial charge is 0.277 e. The number of nitrogens with one attached hydrogen (secondary N) is 2. The van der Waals surface area contributed by atoms with Gasteiger partial charge in [-0.25, -0.2) is 5.84 Å². The monoisotopic (exact) mass is 118 g/mol. The number of amides is 2. The minimum atomic E-state index is 0.330. The number of hydrogen-bond acceptors (Lipinski definition) is 4. The van der Waals surface area contributed by atoms with Crippen LogP contribution in [0.2, 0.25) is 0 Å². The second kappa shape index (κ2) is 4.03. The van der Waals surface area contributed by atoms with Gasteiger partial charge in [0.25, 0.3) is 0 Å². The quantitative estimate of drug-likeness (QED) is 0.216. The fourth-order valence-electron chi connectivity index (χ4n) is 0.151. The number of hydrogen-bond donors (Lipinski definition) is 3. The molecular weight excluding hydrogens is 112 g/mol. The van der Waals surface area contributed by atoms with Crippen LogP contribution < -0.4 is 16.7 Å². The van der Waals surface area contributed by atoms with E-state index in [0.717, 1.165) is 0 Å². The predicted octanol–water partition coefficient (Wildman–Crippen LogP) is -2.52. The smallest absolute Gasteiger partial charge is 0.224 e. The number of carbonyl (C=O) groups excluding carboxylic acids is 2. The third-order valence-electron chi connectivity index (χ3n) is 0.384. The number of hydrazine groups is 3. The van der Waals surface area contributed by atoms with E-state index in [-0.39, 0.29) is 0 Å². The molecule has 8 heavy (non-hydrogen) atoms. The van der Waals surface area contributed by atoms with Crippen LogP contribution in [0, 0.1) is 0 Å². The van der Waals surface area contributed by atoms with Gasteiger partial charge in [0, 0.05) is 0 Å². The Bertz CT molecular complexity index is 74.1. The van der Waals surface area contributed by atoms with Crippen molar-refractivity contribution >= 4 is 12.8 Å². The van der Waals surface area contributed by atoms with Crippen molar-refractivity contribution in [3.63, 3.8) is 0 Å². The maximum Gasteiger partial charge on any atom is 0.224 e. The van der Waals surface area contributed by atoms with Gasteiger partial charge in [-0.05, 0) is 0 Å². The van der Waals surface area contributed by atoms with E-state index in [1.54, 1.807) is 0 Å². The SMILES string of the molecule is NN(NC=O)NC=O. The summed E-state index contributed by atoms with van der Waals surface area (Å²) in [6.45, 7) is 0. The molecule has 6 heteroatoms. The highest BCUT2D eigenvalue weighted by Gasteiger charge is 1.86. The Morgan fingerprint density at radius 3 is 1.88 bits per heavy atom. The normalized spacial score (nSPS) is 8.25. The summed E-state index contributed by atoms with van der Waals surface area (Å²) in [6, 6.07) is 0. The third-order valence-corrected chi connectivity index (χ3v) is 0.384. The standard InChI is InChI=1S/C2H6N4O2/c3-6(4-1-7)5-2-8/h1-2H,3H2,(H,4,7)(H,5,8). The first-order chi connectivity index (χ1) is 3.81. The first kappa shape index (κ1) is 6.86. The molecule has 0 unspecified atom stereocenters. The van der Waals surface area contributed by atoms with Gasteiger partial charge in [-0.1, -0.05) is 5.23 Å². The van der Waals surface area contributed by atoms with Gasteiger partial charge in [0.2, 0.25) is 12.8 Å². The molecule has 0 aromatic carbocycles. The van der Waals surface area contributed by atoms with Crippen LogP contribution in [0.1, 0.15) is 0 Å². The van der Waals surface area contributed by atoms with Gasteiger partial charge < -0.3 is 0 Å². The summed E-state index contributed by atoms with van der Waals surface area (Å²) >= 11 is 0. The molecule has 0 aliphatic heterocycles. The molecule has 0 fully saturated rings. The van der Waals surface area contributed by atoms with Crippen LogP contribution in [0.15, 0.2) is 0 Å². The lowest BCUT2D eigenvalue weighted by Crippen LogP contribution is -2.51. The van der Waals surface area contributed by atoms with Crippen LogP contribution in [-0.2, 0) is 9.59 Å². The molecule has 0 aromatic rings. The minimum absolute atomic E-state index is 0.330. The van der Waals surface area contributed by atoms with Gasteiger partial charge >= 0.3 is 0 Å². The third kappa shape index (κ3) is 3.07. The minimum Gasteiger partial charge on any atom is -0.277 e. The number of nitrogens with two attached hydrogens (primary N) is 1. The lowest BCUT2D eigenvalue weighted by Gasteiger charge is -2.09. The highest BCUT2D eigenvalue weighted by molar-refractivity contribution is 5.47. The van der Waals surface area contributed by atoms with E-state index in [4.69, 9.17) is 5.84 Å². The molecule has 0 radical (unpaired) electrons. The first-order valence-electron chi connectivity index (χ1n) is 1.75. The number of rotatable bonds is 4. The lowest BCUT2D eigenvalue weighted by atomic mass is 11.3. The van der Waals surface area contributed by atoms with Crippen LogP contribution in [-0.4, -0.2) is 18.0 Å². The first-order valence-corrected chi connectivity index (χ1v) is 1.75. The number of nitrogens with zero attached hydrogens (tertiary/aromatic N) is 1. The zero-order valence-electron chi connectivity index (χ0n) is 4.00. The molecule has 0 atom stereocenters. The van der Waals surface area contributed by atoms with E-state index >= 15 is 0 Å². The lowest BCUT2D eigenvalue weighted by molar-refractivity contribution is -0.120. The Labute approximate surface area is 45.5 Å². The summed E-state index contributed by atoms with van der Waals surface area (Å²) in [4.78, 5) is 19.0. The van der Waals surface area contributed by atoms with Gasteiger partial charge in [0.15, 0.2) is 0 Å². The van der Waals surface area contributed by atoms with Gasteiger partial charge in [0.05, 0.1) is 0 Å². The summed E-state index contributed by atoms with van der Waals surface area (Å²) in [7, 11) is 0. The van der Waals surface area contributed by atoms with E-state index in [0.29, 0.717) is 18.0 Å². The van der Waals surface area contributed by atoms with Crippen LogP contribution in [0.5, 0.6) is 0 Å². The number of carbonyl (C=O) groups is 2. The molecule has 0 aromatic heterocycles. The molecule has 0 saturated carbocycles. The Hall–Kier alpha value is -1.14. The molecule has 4 N–H and O–H groups in total. The topological polar surface area (TPSA) is 87.5 Å². The molecule has 0 spiro atoms. The molecule has 0 aliphatic carbocycles. The molecule has 0 aliphatic rings. The fraction of sp³-hybridized carbons (Fsp3) is 0. The van der Waals surface area contributed by atoms with Crippen molar-refractivity contribution in [2.24, 2.45) is 5.84 Å². The summed E-state index contributed by atoms with van der Waals surface area (Å²) in [6.07, 6.45) is 0.660. The average Bonchev–Trinajstić information content (AvgIpc) is 1.68. The van der Waals surface area contributed by atoms with Crippen LogP contribution >= 0.6 is 0 Å². The molecule has 2 amide bonds. The van der Waals surface area contributed by atoms with Crippen LogP contribution in [0.25, 0.3) is 0 Å². The summed E-state index contributed by atoms with van der Waals surface area (Å²) < 4.78 is 0. The average molecular weight is 118 g/mol. The van der Waals surface area contributed by atoms with Crippen molar-refractivity contribution in [3.05, 3.63) is 0 Å². The highest BCUT2D eigenvalue weighted by atomic mass is 16.2. The van der Waals surface area contributed by atoms with E-state index in [2.05, 4.69) is 0 Å². The van der Waals surface area contributed by atoms with Gasteiger partial charge in [-0.15, -0.1) is 0 Å². The zero-order valence-corrected chi connectivity index (χ0v) is 4.00. The molecule has 46 valence electrons. The van der Waals surface area contributed by atoms with Gasteiger partial charge in [0.1, 0.15) is 0 Å². The van der Waals surface area contributed by atoms with Crippen molar-refractivity contribution in [2.75, 3.05) is 0 Å². The van der Waals surface area contributed by atoms with E-state index in [1.165, 1.54) is 0 Å². The van der Waals surface area contributed by atoms with Gasteiger partial charge in [-0.3, -0.25) is 20.4 Å². The molecular formula is C2H6N4O2. The summed E-state index contributed by atoms with van der Waals surface area (Å²) in [5.41, 5.74) is 3.87. The highest BCUT2D eigenvalue weighted by Crippen LogP contribution is 1.46. The van der Waals surface area contributed by atoms with E-state index < -0.39 is 0 Å². The fourth-order valence-corrected chi connectivity index (χ4v) is 0.151. The Morgan fingerprint density at radius 2 is 1.62 bits per heavy atom. The Kier molecular flexibility index (Phi) is 3.46. The molecule has 6 nitrogen and oxygen atoms in total. The summed E-state index contributed by atoms with van der Waals surface area (Å²) in [5, 5.41) is 0.625. The summed E-state index contributed by atoms with van der Waals surface area (Å²) in [5.74, 6) is 4.84. The molecule has 0 rings (SSSR count). The Balaban J connectivity index is 3.16. The predicted molar refractivity (Wildman–Crippen MR) is 24.4 cm³/mol. The van der Waals surface area contributed by atoms with Crippen molar-refractivity contribution in [3.8, 4) is 0 Å². The van der Waals surface area contributed by atoms with Crippen molar-refractivity contribution in [2.45, 2.75) is 0 Å². The second-order valence-corrected chi connectivity index (χ2v) is 0.864. The second-order valence-electron chi connectivity index (χ2n) is 0.864. The maximum atomic E-state index is 9.50. The maximum absolute atomic E-state index is 9.50. The Morgan fingerprint density at radius 1 is 1.25 bits per heavy atom. The van der Waals surface area contributed by atoms with E-state index in [1.807, 2.05) is 10.9 Å². The van der Waals surface area contributed by atoms with Crippen LogP contribution in [0.3, 0.4) is 0 Å². The molecule has 0 heterocycles. The van der Waals surface area contributed by atoms with Crippen LogP contribution in [0.4, 0.5) is 0 Å². The molecule has 0 saturated heterocycles. The zero-order chi connectivity index (χ0) is 6.41. The van der Waals surface area contributed by atoms with Gasteiger partial charge in [-0.2, -0.15) is 0 Å². The van der Waals surface area contributed by atoms with E-state index in [9.17, 15) is 9.59 Å². The van der Waals surface area contributed by atoms with Crippen molar-refractivity contribution in [1.82, 2.24) is 16.1 Å².